The third kappa shape index (κ3) is 3.26. The SMILES string of the molecule is CCN(CC)C(=O)c1cc(-c2ccnn2CC)nc2c1c(C)nn2-c1ccccc1. The van der Waals surface area contributed by atoms with Gasteiger partial charge in [-0.1, -0.05) is 18.2 Å². The molecule has 7 nitrogen and oxygen atoms in total. The predicted molar refractivity (Wildman–Crippen MR) is 118 cm³/mol. The molecule has 0 saturated heterocycles. The van der Waals surface area contributed by atoms with Crippen molar-refractivity contribution in [2.75, 3.05) is 13.1 Å². The molecule has 7 heteroatoms. The van der Waals surface area contributed by atoms with E-state index >= 15 is 0 Å². The number of aryl methyl sites for hydroxylation is 2. The van der Waals surface area contributed by atoms with Crippen LogP contribution in [0.3, 0.4) is 0 Å². The number of nitrogens with zero attached hydrogens (tertiary/aromatic N) is 6. The van der Waals surface area contributed by atoms with E-state index in [4.69, 9.17) is 10.1 Å². The number of carbonyl (C=O) groups excluding carboxylic acids is 1. The van der Waals surface area contributed by atoms with Gasteiger partial charge in [-0.2, -0.15) is 10.2 Å². The molecule has 0 aliphatic carbocycles. The van der Waals surface area contributed by atoms with Gasteiger partial charge in [0, 0.05) is 25.8 Å². The average molecular weight is 403 g/mol. The third-order valence-corrected chi connectivity index (χ3v) is 5.37. The maximum Gasteiger partial charge on any atom is 0.254 e. The summed E-state index contributed by atoms with van der Waals surface area (Å²) >= 11 is 0. The van der Waals surface area contributed by atoms with E-state index in [9.17, 15) is 4.79 Å². The topological polar surface area (TPSA) is 68.8 Å². The maximum absolute atomic E-state index is 13.4. The number of hydrogen-bond acceptors (Lipinski definition) is 4. The smallest absolute Gasteiger partial charge is 0.254 e. The fourth-order valence-electron chi connectivity index (χ4n) is 3.82. The second-order valence-electron chi connectivity index (χ2n) is 7.10. The normalized spacial score (nSPS) is 11.2. The van der Waals surface area contributed by atoms with Crippen molar-refractivity contribution in [3.8, 4) is 17.1 Å². The minimum Gasteiger partial charge on any atom is -0.339 e. The summed E-state index contributed by atoms with van der Waals surface area (Å²) in [6, 6.07) is 13.7. The van der Waals surface area contributed by atoms with Gasteiger partial charge >= 0.3 is 0 Å². The molecule has 0 spiro atoms. The molecule has 0 radical (unpaired) electrons. The van der Waals surface area contributed by atoms with Crippen LogP contribution in [0.1, 0.15) is 36.8 Å². The molecule has 0 aliphatic rings. The summed E-state index contributed by atoms with van der Waals surface area (Å²) in [7, 11) is 0. The molecule has 0 unspecified atom stereocenters. The number of pyridine rings is 1. The van der Waals surface area contributed by atoms with Crippen LogP contribution in [0, 0.1) is 6.92 Å². The lowest BCUT2D eigenvalue weighted by atomic mass is 10.1. The van der Waals surface area contributed by atoms with Crippen LogP contribution in [0.15, 0.2) is 48.7 Å². The predicted octanol–water partition coefficient (Wildman–Crippen LogP) is 4.09. The third-order valence-electron chi connectivity index (χ3n) is 5.37. The first-order valence-corrected chi connectivity index (χ1v) is 10.4. The minimum absolute atomic E-state index is 0.00748. The summed E-state index contributed by atoms with van der Waals surface area (Å²) in [5, 5.41) is 9.91. The Balaban J connectivity index is 2.04. The highest BCUT2D eigenvalue weighted by molar-refractivity contribution is 6.07. The van der Waals surface area contributed by atoms with Crippen LogP contribution in [0.2, 0.25) is 0 Å². The summed E-state index contributed by atoms with van der Waals surface area (Å²) < 4.78 is 3.70. The van der Waals surface area contributed by atoms with Crippen molar-refractivity contribution in [1.29, 1.82) is 0 Å². The molecule has 30 heavy (non-hydrogen) atoms. The number of hydrogen-bond donors (Lipinski definition) is 0. The summed E-state index contributed by atoms with van der Waals surface area (Å²) in [6.07, 6.45) is 1.76. The summed E-state index contributed by atoms with van der Waals surface area (Å²) in [5.41, 5.74) is 4.59. The number of benzene rings is 1. The fraction of sp³-hybridized carbons (Fsp3) is 0.304. The zero-order valence-electron chi connectivity index (χ0n) is 17.8. The summed E-state index contributed by atoms with van der Waals surface area (Å²) in [6.45, 7) is 9.97. The van der Waals surface area contributed by atoms with Gasteiger partial charge in [-0.15, -0.1) is 0 Å². The summed E-state index contributed by atoms with van der Waals surface area (Å²) in [5.74, 6) is -0.00748. The van der Waals surface area contributed by atoms with Crippen LogP contribution in [-0.4, -0.2) is 48.4 Å². The van der Waals surface area contributed by atoms with Crippen molar-refractivity contribution in [2.45, 2.75) is 34.2 Å². The molecule has 1 aromatic carbocycles. The lowest BCUT2D eigenvalue weighted by Gasteiger charge is -2.19. The van der Waals surface area contributed by atoms with Gasteiger partial charge in [0.1, 0.15) is 0 Å². The second kappa shape index (κ2) is 8.10. The molecule has 154 valence electrons. The van der Waals surface area contributed by atoms with Crippen LogP contribution in [0.5, 0.6) is 0 Å². The number of fused-ring (bicyclic) bond motifs is 1. The highest BCUT2D eigenvalue weighted by Gasteiger charge is 2.24. The van der Waals surface area contributed by atoms with Crippen LogP contribution in [0.25, 0.3) is 28.1 Å². The van der Waals surface area contributed by atoms with Crippen molar-refractivity contribution in [1.82, 2.24) is 29.4 Å². The van der Waals surface area contributed by atoms with Gasteiger partial charge in [0.05, 0.1) is 33.7 Å². The molecular formula is C23H26N6O. The first-order valence-electron chi connectivity index (χ1n) is 10.4. The highest BCUT2D eigenvalue weighted by atomic mass is 16.2. The quantitative estimate of drug-likeness (QED) is 0.487. The van der Waals surface area contributed by atoms with Crippen molar-refractivity contribution < 1.29 is 4.79 Å². The standard InChI is InChI=1S/C23H26N6O/c1-5-27(6-2)23(30)18-15-19(20-13-14-24-28(20)7-3)25-22-21(18)16(4)26-29(22)17-11-9-8-10-12-17/h8-15H,5-7H2,1-4H3. The number of aromatic nitrogens is 5. The lowest BCUT2D eigenvalue weighted by molar-refractivity contribution is 0.0775. The number of rotatable bonds is 6. The van der Waals surface area contributed by atoms with Crippen molar-refractivity contribution in [3.63, 3.8) is 0 Å². The molecule has 4 rings (SSSR count). The van der Waals surface area contributed by atoms with Gasteiger partial charge in [0.15, 0.2) is 5.65 Å². The molecule has 1 amide bonds. The average Bonchev–Trinajstić information content (AvgIpc) is 3.39. The van der Waals surface area contributed by atoms with Crippen LogP contribution < -0.4 is 0 Å². The maximum atomic E-state index is 13.4. The van der Waals surface area contributed by atoms with Crippen molar-refractivity contribution in [2.24, 2.45) is 0 Å². The molecular weight excluding hydrogens is 376 g/mol. The molecule has 0 aliphatic heterocycles. The van der Waals surface area contributed by atoms with E-state index in [0.29, 0.717) is 24.3 Å². The monoisotopic (exact) mass is 402 g/mol. The van der Waals surface area contributed by atoms with Gasteiger partial charge in [-0.3, -0.25) is 9.48 Å². The molecule has 3 aromatic heterocycles. The Morgan fingerprint density at radius 1 is 1.07 bits per heavy atom. The molecule has 0 saturated carbocycles. The fourth-order valence-corrected chi connectivity index (χ4v) is 3.82. The zero-order chi connectivity index (χ0) is 21.3. The Kier molecular flexibility index (Phi) is 5.35. The van der Waals surface area contributed by atoms with Crippen LogP contribution >= 0.6 is 0 Å². The van der Waals surface area contributed by atoms with E-state index in [1.54, 1.807) is 6.20 Å². The Morgan fingerprint density at radius 3 is 2.47 bits per heavy atom. The van der Waals surface area contributed by atoms with Gasteiger partial charge in [0.2, 0.25) is 0 Å². The zero-order valence-corrected chi connectivity index (χ0v) is 17.8. The van der Waals surface area contributed by atoms with Crippen molar-refractivity contribution in [3.05, 3.63) is 59.9 Å². The second-order valence-corrected chi connectivity index (χ2v) is 7.10. The first kappa shape index (κ1) is 19.8. The van der Waals surface area contributed by atoms with E-state index in [0.717, 1.165) is 34.7 Å². The Hall–Kier alpha value is -3.48. The van der Waals surface area contributed by atoms with E-state index in [-0.39, 0.29) is 5.91 Å². The van der Waals surface area contributed by atoms with E-state index in [1.807, 2.05) is 84.4 Å². The molecule has 0 atom stereocenters. The Bertz CT molecular complexity index is 1190. The largest absolute Gasteiger partial charge is 0.339 e. The Labute approximate surface area is 176 Å². The van der Waals surface area contributed by atoms with Gasteiger partial charge in [-0.25, -0.2) is 9.67 Å². The molecule has 3 heterocycles. The highest BCUT2D eigenvalue weighted by Crippen LogP contribution is 2.29. The Morgan fingerprint density at radius 2 is 1.80 bits per heavy atom. The summed E-state index contributed by atoms with van der Waals surface area (Å²) in [4.78, 5) is 20.2. The number of para-hydroxylation sites is 1. The van der Waals surface area contributed by atoms with Gasteiger partial charge in [-0.05, 0) is 52.0 Å². The van der Waals surface area contributed by atoms with E-state index in [1.165, 1.54) is 0 Å². The van der Waals surface area contributed by atoms with E-state index in [2.05, 4.69) is 5.10 Å². The number of amides is 1. The van der Waals surface area contributed by atoms with Gasteiger partial charge < -0.3 is 4.90 Å². The minimum atomic E-state index is -0.00748. The van der Waals surface area contributed by atoms with Crippen LogP contribution in [-0.2, 0) is 6.54 Å². The van der Waals surface area contributed by atoms with Gasteiger partial charge in [0.25, 0.3) is 5.91 Å². The van der Waals surface area contributed by atoms with Crippen molar-refractivity contribution >= 4 is 16.9 Å². The molecule has 4 aromatic rings. The lowest BCUT2D eigenvalue weighted by Crippen LogP contribution is -2.30. The first-order chi connectivity index (χ1) is 14.6. The molecule has 0 N–H and O–H groups in total. The molecule has 0 bridgehead atoms. The molecule has 0 fully saturated rings. The van der Waals surface area contributed by atoms with E-state index < -0.39 is 0 Å². The number of carbonyl (C=O) groups is 1. The van der Waals surface area contributed by atoms with Crippen LogP contribution in [0.4, 0.5) is 0 Å².